The van der Waals surface area contributed by atoms with Gasteiger partial charge in [-0.1, -0.05) is 18.2 Å². The van der Waals surface area contributed by atoms with Crippen LogP contribution in [-0.2, 0) is 9.53 Å². The van der Waals surface area contributed by atoms with Crippen molar-refractivity contribution in [1.82, 2.24) is 9.99 Å². The lowest BCUT2D eigenvalue weighted by molar-refractivity contribution is -0.132. The van der Waals surface area contributed by atoms with Crippen molar-refractivity contribution < 1.29 is 14.6 Å². The van der Waals surface area contributed by atoms with Crippen molar-refractivity contribution >= 4 is 22.9 Å². The zero-order valence-corrected chi connectivity index (χ0v) is 15.1. The molecule has 0 saturated carbocycles. The van der Waals surface area contributed by atoms with E-state index in [0.29, 0.717) is 22.5 Å². The molecule has 1 aromatic heterocycles. The van der Waals surface area contributed by atoms with E-state index in [9.17, 15) is 15.2 Å². The zero-order valence-electron chi connectivity index (χ0n) is 15.1. The first-order valence-corrected chi connectivity index (χ1v) is 8.63. The van der Waals surface area contributed by atoms with E-state index in [4.69, 9.17) is 16.2 Å². The van der Waals surface area contributed by atoms with Gasteiger partial charge in [0.2, 0.25) is 0 Å². The number of hydrogen-bond donors (Lipinski definition) is 3. The standard InChI is InChI=1S/C20H16N6O3/c21-8-14-16(12-4-2-6-24-9-12)17(20(27)28)18(23)26-19(14)29-10-15(25-26)11-3-1-5-13(22)7-11/h1-7,9,19H,10,22-23H2,(H,27,28). The average molecular weight is 388 g/mol. The number of nitrogen functional groups attached to an aromatic ring is 1. The van der Waals surface area contributed by atoms with E-state index < -0.39 is 12.2 Å². The average Bonchev–Trinajstić information content (AvgIpc) is 2.73. The fraction of sp³-hybridized carbons (Fsp3) is 0.100. The Kier molecular flexibility index (Phi) is 4.46. The maximum atomic E-state index is 12.0. The van der Waals surface area contributed by atoms with E-state index in [1.807, 2.05) is 6.07 Å². The van der Waals surface area contributed by atoms with Crippen molar-refractivity contribution in [3.05, 3.63) is 76.9 Å². The molecule has 0 amide bonds. The molecule has 0 bridgehead atoms. The molecule has 4 rings (SSSR count). The van der Waals surface area contributed by atoms with Crippen molar-refractivity contribution in [2.24, 2.45) is 10.8 Å². The highest BCUT2D eigenvalue weighted by Gasteiger charge is 2.40. The van der Waals surface area contributed by atoms with Gasteiger partial charge in [0.05, 0.1) is 17.9 Å². The van der Waals surface area contributed by atoms with Crippen LogP contribution in [0.3, 0.4) is 0 Å². The van der Waals surface area contributed by atoms with Crippen LogP contribution in [-0.4, -0.2) is 39.6 Å². The number of aromatic nitrogens is 1. The predicted molar refractivity (Wildman–Crippen MR) is 105 cm³/mol. The van der Waals surface area contributed by atoms with Gasteiger partial charge in [-0.2, -0.15) is 10.4 Å². The van der Waals surface area contributed by atoms with E-state index in [-0.39, 0.29) is 29.1 Å². The number of carbonyl (C=O) groups is 1. The second-order valence-corrected chi connectivity index (χ2v) is 6.39. The molecule has 0 fully saturated rings. The quantitative estimate of drug-likeness (QED) is 0.665. The fourth-order valence-electron chi connectivity index (χ4n) is 3.32. The SMILES string of the molecule is N#CC1=C(c2cccnc2)C(C(=O)O)=C(N)N2N=C(c3cccc(N)c3)COC12. The number of anilines is 1. The number of carboxylic acids is 1. The summed E-state index contributed by atoms with van der Waals surface area (Å²) in [5.41, 5.74) is 14.3. The number of hydrazone groups is 1. The van der Waals surface area contributed by atoms with Crippen molar-refractivity contribution in [3.63, 3.8) is 0 Å². The second-order valence-electron chi connectivity index (χ2n) is 6.39. The molecular weight excluding hydrogens is 372 g/mol. The van der Waals surface area contributed by atoms with Gasteiger partial charge in [0.15, 0.2) is 6.23 Å². The van der Waals surface area contributed by atoms with Gasteiger partial charge in [-0.15, -0.1) is 0 Å². The van der Waals surface area contributed by atoms with Gasteiger partial charge in [0.25, 0.3) is 0 Å². The Morgan fingerprint density at radius 1 is 1.28 bits per heavy atom. The van der Waals surface area contributed by atoms with Crippen molar-refractivity contribution in [2.75, 3.05) is 12.3 Å². The van der Waals surface area contributed by atoms with Gasteiger partial charge in [-0.3, -0.25) is 4.98 Å². The van der Waals surface area contributed by atoms with Gasteiger partial charge in [-0.05, 0) is 18.2 Å². The summed E-state index contributed by atoms with van der Waals surface area (Å²) in [7, 11) is 0. The van der Waals surface area contributed by atoms with Crippen LogP contribution >= 0.6 is 0 Å². The minimum absolute atomic E-state index is 0.0972. The zero-order chi connectivity index (χ0) is 20.5. The molecule has 2 aliphatic heterocycles. The molecular formula is C20H16N6O3. The van der Waals surface area contributed by atoms with Gasteiger partial charge >= 0.3 is 5.97 Å². The molecule has 0 radical (unpaired) electrons. The van der Waals surface area contributed by atoms with E-state index >= 15 is 0 Å². The molecule has 1 aromatic carbocycles. The number of carboxylic acid groups (broad SMARTS) is 1. The van der Waals surface area contributed by atoms with Crippen molar-refractivity contribution in [2.45, 2.75) is 6.23 Å². The lowest BCUT2D eigenvalue weighted by Crippen LogP contribution is -2.46. The molecule has 2 aliphatic rings. The molecule has 0 aliphatic carbocycles. The Morgan fingerprint density at radius 3 is 2.72 bits per heavy atom. The number of nitrogens with zero attached hydrogens (tertiary/aromatic N) is 4. The van der Waals surface area contributed by atoms with Crippen molar-refractivity contribution in [1.29, 1.82) is 5.26 Å². The Hall–Kier alpha value is -4.16. The summed E-state index contributed by atoms with van der Waals surface area (Å²) in [6, 6.07) is 12.4. The minimum atomic E-state index is -1.28. The normalized spacial score (nSPS) is 18.8. The lowest BCUT2D eigenvalue weighted by Gasteiger charge is -2.38. The van der Waals surface area contributed by atoms with Gasteiger partial charge in [-0.25, -0.2) is 9.80 Å². The largest absolute Gasteiger partial charge is 0.478 e. The highest BCUT2D eigenvalue weighted by Crippen LogP contribution is 2.38. The summed E-state index contributed by atoms with van der Waals surface area (Å²) in [5, 5.41) is 25.3. The number of aliphatic carboxylic acids is 1. The Morgan fingerprint density at radius 2 is 2.07 bits per heavy atom. The van der Waals surface area contributed by atoms with Crippen LogP contribution in [0.1, 0.15) is 11.1 Å². The van der Waals surface area contributed by atoms with Gasteiger partial charge in [0.1, 0.15) is 17.5 Å². The first kappa shape index (κ1) is 18.2. The summed E-state index contributed by atoms with van der Waals surface area (Å²) in [5.74, 6) is -1.40. The Bertz CT molecular complexity index is 1130. The first-order chi connectivity index (χ1) is 14.0. The maximum Gasteiger partial charge on any atom is 0.340 e. The van der Waals surface area contributed by atoms with Gasteiger partial charge < -0.3 is 21.3 Å². The third-order valence-corrected chi connectivity index (χ3v) is 4.60. The molecule has 144 valence electrons. The highest BCUT2D eigenvalue weighted by atomic mass is 16.5. The topological polar surface area (TPSA) is 151 Å². The third-order valence-electron chi connectivity index (χ3n) is 4.60. The lowest BCUT2D eigenvalue weighted by atomic mass is 9.90. The molecule has 3 heterocycles. The number of rotatable bonds is 3. The van der Waals surface area contributed by atoms with E-state index in [2.05, 4.69) is 16.2 Å². The number of fused-ring (bicyclic) bond motifs is 1. The summed E-state index contributed by atoms with van der Waals surface area (Å²) in [6.45, 7) is 0.103. The summed E-state index contributed by atoms with van der Waals surface area (Å²) < 4.78 is 5.89. The van der Waals surface area contributed by atoms with E-state index in [1.54, 1.807) is 36.5 Å². The van der Waals surface area contributed by atoms with Crippen LogP contribution < -0.4 is 11.5 Å². The molecule has 0 spiro atoms. The number of hydrogen-bond acceptors (Lipinski definition) is 8. The van der Waals surface area contributed by atoms with E-state index in [1.165, 1.54) is 11.2 Å². The molecule has 1 atom stereocenters. The first-order valence-electron chi connectivity index (χ1n) is 8.63. The predicted octanol–water partition coefficient (Wildman–Crippen LogP) is 1.27. The smallest absolute Gasteiger partial charge is 0.340 e. The third kappa shape index (κ3) is 3.07. The Balaban J connectivity index is 1.89. The molecule has 0 saturated heterocycles. The molecule has 9 heteroatoms. The Labute approximate surface area is 165 Å². The molecule has 1 unspecified atom stereocenters. The molecule has 5 N–H and O–H groups in total. The van der Waals surface area contributed by atoms with Crippen LogP contribution in [0.2, 0.25) is 0 Å². The number of pyridine rings is 1. The number of nitriles is 1. The summed E-state index contributed by atoms with van der Waals surface area (Å²) in [4.78, 5) is 16.1. The molecule has 29 heavy (non-hydrogen) atoms. The number of benzene rings is 1. The van der Waals surface area contributed by atoms with Crippen LogP contribution in [0.5, 0.6) is 0 Å². The summed E-state index contributed by atoms with van der Waals surface area (Å²) >= 11 is 0. The van der Waals surface area contributed by atoms with Crippen LogP contribution in [0.25, 0.3) is 5.57 Å². The monoisotopic (exact) mass is 388 g/mol. The van der Waals surface area contributed by atoms with Crippen LogP contribution in [0.4, 0.5) is 5.69 Å². The number of ether oxygens (including phenoxy) is 1. The molecule has 9 nitrogen and oxygen atoms in total. The fourth-order valence-corrected chi connectivity index (χ4v) is 3.32. The number of nitrogens with two attached hydrogens (primary N) is 2. The van der Waals surface area contributed by atoms with Crippen LogP contribution in [0, 0.1) is 11.3 Å². The van der Waals surface area contributed by atoms with Crippen molar-refractivity contribution in [3.8, 4) is 6.07 Å². The highest BCUT2D eigenvalue weighted by molar-refractivity contribution is 6.08. The summed E-state index contributed by atoms with van der Waals surface area (Å²) in [6.07, 6.45) is 2.09. The molecule has 2 aromatic rings. The van der Waals surface area contributed by atoms with Gasteiger partial charge in [0, 0.05) is 34.8 Å². The minimum Gasteiger partial charge on any atom is -0.478 e. The van der Waals surface area contributed by atoms with E-state index in [0.717, 1.165) is 0 Å². The second kappa shape index (κ2) is 7.10. The maximum absolute atomic E-state index is 12.0. The van der Waals surface area contributed by atoms with Crippen LogP contribution in [0.15, 0.2) is 70.9 Å².